The normalized spacial score (nSPS) is 12.1. The van der Waals surface area contributed by atoms with Crippen molar-refractivity contribution in [2.24, 2.45) is 11.8 Å². The Hall–Kier alpha value is -2.63. The van der Waals surface area contributed by atoms with Crippen LogP contribution < -0.4 is 5.32 Å². The lowest BCUT2D eigenvalue weighted by molar-refractivity contribution is -0.142. The van der Waals surface area contributed by atoms with Gasteiger partial charge in [-0.2, -0.15) is 5.10 Å². The molecule has 0 spiro atoms. The van der Waals surface area contributed by atoms with E-state index in [1.54, 1.807) is 6.07 Å². The molecule has 0 radical (unpaired) electrons. The van der Waals surface area contributed by atoms with Gasteiger partial charge in [-0.1, -0.05) is 44.2 Å². The molecule has 6 heteroatoms. The van der Waals surface area contributed by atoms with Crippen molar-refractivity contribution in [3.63, 3.8) is 0 Å². The number of carboxylic acid groups (broad SMARTS) is 1. The number of hydrogen-bond donors (Lipinski definition) is 3. The third-order valence-corrected chi connectivity index (χ3v) is 3.51. The van der Waals surface area contributed by atoms with E-state index in [0.29, 0.717) is 17.8 Å². The molecule has 6 nitrogen and oxygen atoms in total. The average molecular weight is 315 g/mol. The Labute approximate surface area is 134 Å². The topological polar surface area (TPSA) is 95.1 Å². The maximum absolute atomic E-state index is 12.1. The maximum Gasteiger partial charge on any atom is 0.308 e. The number of benzene rings is 1. The first-order valence-electron chi connectivity index (χ1n) is 7.59. The zero-order valence-corrected chi connectivity index (χ0v) is 13.2. The largest absolute Gasteiger partial charge is 0.481 e. The van der Waals surface area contributed by atoms with Crippen LogP contribution in [0, 0.1) is 11.8 Å². The van der Waals surface area contributed by atoms with Crippen molar-refractivity contribution in [3.8, 4) is 11.3 Å². The van der Waals surface area contributed by atoms with E-state index in [0.717, 1.165) is 5.56 Å². The van der Waals surface area contributed by atoms with Gasteiger partial charge in [0.25, 0.3) is 5.91 Å². The number of carbonyl (C=O) groups is 2. The fourth-order valence-electron chi connectivity index (χ4n) is 2.35. The summed E-state index contributed by atoms with van der Waals surface area (Å²) in [5, 5.41) is 18.7. The van der Waals surface area contributed by atoms with Crippen LogP contribution in [-0.2, 0) is 4.79 Å². The van der Waals surface area contributed by atoms with Gasteiger partial charge in [-0.15, -0.1) is 0 Å². The predicted octanol–water partition coefficient (Wildman–Crippen LogP) is 2.55. The van der Waals surface area contributed by atoms with Gasteiger partial charge in [0.1, 0.15) is 5.69 Å². The second kappa shape index (κ2) is 7.58. The minimum Gasteiger partial charge on any atom is -0.481 e. The summed E-state index contributed by atoms with van der Waals surface area (Å²) in [7, 11) is 0. The van der Waals surface area contributed by atoms with Gasteiger partial charge in [0.05, 0.1) is 11.6 Å². The molecule has 3 N–H and O–H groups in total. The highest BCUT2D eigenvalue weighted by molar-refractivity contribution is 5.93. The Kier molecular flexibility index (Phi) is 5.51. The number of amides is 1. The number of nitrogens with one attached hydrogen (secondary N) is 2. The van der Waals surface area contributed by atoms with Gasteiger partial charge in [-0.3, -0.25) is 14.7 Å². The highest BCUT2D eigenvalue weighted by Crippen LogP contribution is 2.17. The van der Waals surface area contributed by atoms with E-state index in [1.807, 2.05) is 44.2 Å². The van der Waals surface area contributed by atoms with Gasteiger partial charge < -0.3 is 10.4 Å². The summed E-state index contributed by atoms with van der Waals surface area (Å²) in [4.78, 5) is 23.3. The highest BCUT2D eigenvalue weighted by Gasteiger charge is 2.20. The highest BCUT2D eigenvalue weighted by atomic mass is 16.4. The Balaban J connectivity index is 1.98. The van der Waals surface area contributed by atoms with Crippen LogP contribution in [0.5, 0.6) is 0 Å². The van der Waals surface area contributed by atoms with Gasteiger partial charge >= 0.3 is 5.97 Å². The Bertz CT molecular complexity index is 665. The second-order valence-electron chi connectivity index (χ2n) is 5.91. The predicted molar refractivity (Wildman–Crippen MR) is 86.9 cm³/mol. The Morgan fingerprint density at radius 1 is 1.26 bits per heavy atom. The summed E-state index contributed by atoms with van der Waals surface area (Å²) in [5.41, 5.74) is 1.90. The van der Waals surface area contributed by atoms with Crippen molar-refractivity contribution in [1.29, 1.82) is 0 Å². The molecule has 0 aliphatic rings. The van der Waals surface area contributed by atoms with Crippen LogP contribution in [0.1, 0.15) is 30.8 Å². The molecule has 1 aromatic carbocycles. The fourth-order valence-corrected chi connectivity index (χ4v) is 2.35. The van der Waals surface area contributed by atoms with E-state index in [-0.39, 0.29) is 18.4 Å². The summed E-state index contributed by atoms with van der Waals surface area (Å²) in [6.45, 7) is 4.02. The lowest BCUT2D eigenvalue weighted by Gasteiger charge is -2.14. The number of aromatic amines is 1. The van der Waals surface area contributed by atoms with Crippen LogP contribution in [0.2, 0.25) is 0 Å². The summed E-state index contributed by atoms with van der Waals surface area (Å²) in [5.74, 6) is -1.58. The molecule has 1 amide bonds. The molecular formula is C17H21N3O3. The number of aromatic nitrogens is 2. The molecule has 1 aromatic heterocycles. The minimum atomic E-state index is -0.895. The summed E-state index contributed by atoms with van der Waals surface area (Å²) in [6, 6.07) is 11.2. The number of aliphatic carboxylic acids is 1. The van der Waals surface area contributed by atoms with Crippen LogP contribution in [0.3, 0.4) is 0 Å². The monoisotopic (exact) mass is 315 g/mol. The Morgan fingerprint density at radius 2 is 1.96 bits per heavy atom. The second-order valence-corrected chi connectivity index (χ2v) is 5.91. The number of hydrogen-bond acceptors (Lipinski definition) is 3. The van der Waals surface area contributed by atoms with Crippen LogP contribution in [0.25, 0.3) is 11.3 Å². The summed E-state index contributed by atoms with van der Waals surface area (Å²) < 4.78 is 0. The molecule has 2 aromatic rings. The van der Waals surface area contributed by atoms with Crippen molar-refractivity contribution in [2.45, 2.75) is 20.3 Å². The lowest BCUT2D eigenvalue weighted by Crippen LogP contribution is -2.33. The number of rotatable bonds is 7. The first-order chi connectivity index (χ1) is 11.0. The van der Waals surface area contributed by atoms with E-state index in [9.17, 15) is 14.7 Å². The molecule has 23 heavy (non-hydrogen) atoms. The van der Waals surface area contributed by atoms with E-state index in [1.165, 1.54) is 0 Å². The van der Waals surface area contributed by atoms with Crippen molar-refractivity contribution >= 4 is 11.9 Å². The molecule has 0 fully saturated rings. The zero-order chi connectivity index (χ0) is 16.8. The van der Waals surface area contributed by atoms with Crippen molar-refractivity contribution in [2.75, 3.05) is 6.54 Å². The molecule has 0 saturated carbocycles. The molecule has 0 aliphatic carbocycles. The first kappa shape index (κ1) is 16.7. The van der Waals surface area contributed by atoms with Gasteiger partial charge in [0.15, 0.2) is 0 Å². The lowest BCUT2D eigenvalue weighted by atomic mass is 9.97. The van der Waals surface area contributed by atoms with Crippen molar-refractivity contribution in [3.05, 3.63) is 42.1 Å². The number of H-pyrrole nitrogens is 1. The minimum absolute atomic E-state index is 0.103. The van der Waals surface area contributed by atoms with Crippen molar-refractivity contribution in [1.82, 2.24) is 15.5 Å². The standard InChI is InChI=1S/C17H21N3O3/c1-11(2)8-13(17(22)23)10-18-16(21)15-9-14(19-20-15)12-6-4-3-5-7-12/h3-7,9,11,13H,8,10H2,1-2H3,(H,18,21)(H,19,20)(H,22,23). The molecule has 1 unspecified atom stereocenters. The van der Waals surface area contributed by atoms with Crippen LogP contribution >= 0.6 is 0 Å². The maximum atomic E-state index is 12.1. The first-order valence-corrected chi connectivity index (χ1v) is 7.59. The molecule has 1 atom stereocenters. The fraction of sp³-hybridized carbons (Fsp3) is 0.353. The third kappa shape index (κ3) is 4.67. The SMILES string of the molecule is CC(C)CC(CNC(=O)c1cc(-c2ccccc2)n[nH]1)C(=O)O. The van der Waals surface area contributed by atoms with E-state index >= 15 is 0 Å². The van der Waals surface area contributed by atoms with Crippen LogP contribution in [0.15, 0.2) is 36.4 Å². The molecule has 2 rings (SSSR count). The van der Waals surface area contributed by atoms with E-state index in [4.69, 9.17) is 0 Å². The third-order valence-electron chi connectivity index (χ3n) is 3.51. The van der Waals surface area contributed by atoms with Crippen LogP contribution in [0.4, 0.5) is 0 Å². The summed E-state index contributed by atoms with van der Waals surface area (Å²) in [6.07, 6.45) is 0.522. The average Bonchev–Trinajstić information content (AvgIpc) is 3.01. The van der Waals surface area contributed by atoms with E-state index < -0.39 is 11.9 Å². The molecule has 0 bridgehead atoms. The zero-order valence-electron chi connectivity index (χ0n) is 13.2. The molecular weight excluding hydrogens is 294 g/mol. The van der Waals surface area contributed by atoms with E-state index in [2.05, 4.69) is 15.5 Å². The number of carboxylic acids is 1. The van der Waals surface area contributed by atoms with Crippen LogP contribution in [-0.4, -0.2) is 33.7 Å². The van der Waals surface area contributed by atoms with Gasteiger partial charge in [-0.05, 0) is 18.4 Å². The van der Waals surface area contributed by atoms with Gasteiger partial charge in [-0.25, -0.2) is 0 Å². The number of carbonyl (C=O) groups excluding carboxylic acids is 1. The summed E-state index contributed by atoms with van der Waals surface area (Å²) >= 11 is 0. The molecule has 0 aliphatic heterocycles. The molecule has 0 saturated heterocycles. The van der Waals surface area contributed by atoms with Crippen molar-refractivity contribution < 1.29 is 14.7 Å². The Morgan fingerprint density at radius 3 is 2.57 bits per heavy atom. The number of nitrogens with zero attached hydrogens (tertiary/aromatic N) is 1. The smallest absolute Gasteiger partial charge is 0.308 e. The quantitative estimate of drug-likeness (QED) is 0.731. The van der Waals surface area contributed by atoms with Gasteiger partial charge in [0, 0.05) is 12.1 Å². The molecule has 1 heterocycles. The van der Waals surface area contributed by atoms with Gasteiger partial charge in [0.2, 0.25) is 0 Å². The molecule has 122 valence electrons.